The summed E-state index contributed by atoms with van der Waals surface area (Å²) in [6.07, 6.45) is 1.62. The highest BCUT2D eigenvalue weighted by atomic mass is 16.4. The molecule has 3 N–H and O–H groups in total. The Morgan fingerprint density at radius 1 is 1.29 bits per heavy atom. The number of benzene rings is 1. The zero-order chi connectivity index (χ0) is 17.5. The number of nitrogens with one attached hydrogen (secondary N) is 2. The Kier molecular flexibility index (Phi) is 6.61. The van der Waals surface area contributed by atoms with Gasteiger partial charge in [0.05, 0.1) is 6.54 Å². The first-order chi connectivity index (χ1) is 11.5. The summed E-state index contributed by atoms with van der Waals surface area (Å²) >= 11 is 0. The van der Waals surface area contributed by atoms with Gasteiger partial charge in [0.1, 0.15) is 0 Å². The largest absolute Gasteiger partial charge is 0.480 e. The fourth-order valence-corrected chi connectivity index (χ4v) is 3.06. The van der Waals surface area contributed by atoms with Crippen LogP contribution in [0.5, 0.6) is 0 Å². The molecule has 24 heavy (non-hydrogen) atoms. The number of nitrogens with zero attached hydrogens (tertiary/aromatic N) is 1. The van der Waals surface area contributed by atoms with Gasteiger partial charge in [0.15, 0.2) is 0 Å². The van der Waals surface area contributed by atoms with Crippen molar-refractivity contribution in [3.63, 3.8) is 0 Å². The maximum atomic E-state index is 12.0. The molecule has 1 aliphatic rings. The number of amides is 2. The topological polar surface area (TPSA) is 81.7 Å². The number of rotatable bonds is 8. The third kappa shape index (κ3) is 5.23. The van der Waals surface area contributed by atoms with Crippen molar-refractivity contribution in [1.82, 2.24) is 15.5 Å². The first-order valence-electron chi connectivity index (χ1n) is 8.54. The summed E-state index contributed by atoms with van der Waals surface area (Å²) in [4.78, 5) is 24.7. The highest BCUT2D eigenvalue weighted by molar-refractivity contribution is 5.74. The molecule has 2 amide bonds. The van der Waals surface area contributed by atoms with Crippen LogP contribution in [-0.2, 0) is 4.79 Å². The van der Waals surface area contributed by atoms with Gasteiger partial charge < -0.3 is 15.7 Å². The Balaban J connectivity index is 1.66. The van der Waals surface area contributed by atoms with Crippen LogP contribution in [0.4, 0.5) is 4.79 Å². The molecular weight excluding hydrogens is 306 g/mol. The van der Waals surface area contributed by atoms with Crippen molar-refractivity contribution in [2.45, 2.75) is 44.7 Å². The number of carbonyl (C=O) groups excluding carboxylic acids is 1. The van der Waals surface area contributed by atoms with Crippen LogP contribution in [0.3, 0.4) is 0 Å². The molecule has 1 aliphatic carbocycles. The van der Waals surface area contributed by atoms with E-state index in [9.17, 15) is 9.59 Å². The monoisotopic (exact) mass is 333 g/mol. The minimum absolute atomic E-state index is 0.0642. The van der Waals surface area contributed by atoms with Crippen molar-refractivity contribution in [1.29, 1.82) is 0 Å². The number of urea groups is 1. The van der Waals surface area contributed by atoms with Crippen LogP contribution >= 0.6 is 0 Å². The van der Waals surface area contributed by atoms with Gasteiger partial charge in [0.2, 0.25) is 0 Å². The lowest BCUT2D eigenvalue weighted by atomic mass is 9.85. The normalized spacial score (nSPS) is 21.0. The molecule has 0 aliphatic heterocycles. The molecule has 6 heteroatoms. The number of hydrogen-bond acceptors (Lipinski definition) is 3. The molecule has 1 unspecified atom stereocenters. The number of hydrogen-bond donors (Lipinski definition) is 3. The first-order valence-corrected chi connectivity index (χ1v) is 8.54. The number of carbonyl (C=O) groups is 2. The molecule has 2 rings (SSSR count). The van der Waals surface area contributed by atoms with Gasteiger partial charge in [-0.15, -0.1) is 0 Å². The number of carboxylic acids is 1. The SMILES string of the molecule is CCN(CC(=O)O)C1CC(NC(=O)NCC(C)c2ccccc2)C1. The molecular formula is C18H27N3O3. The second-order valence-corrected chi connectivity index (χ2v) is 6.45. The molecule has 0 radical (unpaired) electrons. The number of carboxylic acid groups (broad SMARTS) is 1. The average Bonchev–Trinajstić information content (AvgIpc) is 2.54. The van der Waals surface area contributed by atoms with Gasteiger partial charge in [-0.1, -0.05) is 44.2 Å². The van der Waals surface area contributed by atoms with Crippen LogP contribution in [0.15, 0.2) is 30.3 Å². The van der Waals surface area contributed by atoms with E-state index < -0.39 is 5.97 Å². The van der Waals surface area contributed by atoms with Crippen LogP contribution in [0, 0.1) is 0 Å². The molecule has 0 aromatic heterocycles. The zero-order valence-electron chi connectivity index (χ0n) is 14.4. The maximum Gasteiger partial charge on any atom is 0.317 e. The van der Waals surface area contributed by atoms with E-state index in [0.717, 1.165) is 12.8 Å². The second-order valence-electron chi connectivity index (χ2n) is 6.45. The van der Waals surface area contributed by atoms with E-state index in [1.807, 2.05) is 30.0 Å². The molecule has 0 bridgehead atoms. The van der Waals surface area contributed by atoms with E-state index in [0.29, 0.717) is 13.1 Å². The lowest BCUT2D eigenvalue weighted by molar-refractivity contribution is -0.139. The van der Waals surface area contributed by atoms with Crippen LogP contribution in [0.25, 0.3) is 0 Å². The molecule has 0 saturated heterocycles. The van der Waals surface area contributed by atoms with Crippen molar-refractivity contribution < 1.29 is 14.7 Å². The fourth-order valence-electron chi connectivity index (χ4n) is 3.06. The van der Waals surface area contributed by atoms with Crippen LogP contribution < -0.4 is 10.6 Å². The fraction of sp³-hybridized carbons (Fsp3) is 0.556. The maximum absolute atomic E-state index is 12.0. The minimum atomic E-state index is -0.805. The second kappa shape index (κ2) is 8.68. The Bertz CT molecular complexity index is 544. The van der Waals surface area contributed by atoms with Crippen LogP contribution in [0.2, 0.25) is 0 Å². The highest BCUT2D eigenvalue weighted by Crippen LogP contribution is 2.25. The quantitative estimate of drug-likeness (QED) is 0.680. The Hall–Kier alpha value is -2.08. The van der Waals surface area contributed by atoms with Gasteiger partial charge in [-0.05, 0) is 30.9 Å². The Morgan fingerprint density at radius 2 is 1.96 bits per heavy atom. The third-order valence-electron chi connectivity index (χ3n) is 4.65. The molecule has 1 saturated carbocycles. The summed E-state index contributed by atoms with van der Waals surface area (Å²) in [6, 6.07) is 10.3. The smallest absolute Gasteiger partial charge is 0.317 e. The van der Waals surface area contributed by atoms with E-state index in [1.54, 1.807) is 0 Å². The van der Waals surface area contributed by atoms with Gasteiger partial charge >= 0.3 is 12.0 Å². The van der Waals surface area contributed by atoms with Crippen molar-refractivity contribution in [3.05, 3.63) is 35.9 Å². The molecule has 1 aromatic rings. The van der Waals surface area contributed by atoms with Crippen molar-refractivity contribution in [3.8, 4) is 0 Å². The van der Waals surface area contributed by atoms with E-state index in [-0.39, 0.29) is 30.6 Å². The van der Waals surface area contributed by atoms with Crippen LogP contribution in [0.1, 0.15) is 38.2 Å². The van der Waals surface area contributed by atoms with E-state index in [2.05, 4.69) is 29.7 Å². The molecule has 6 nitrogen and oxygen atoms in total. The zero-order valence-corrected chi connectivity index (χ0v) is 14.4. The lowest BCUT2D eigenvalue weighted by Crippen LogP contribution is -2.56. The Labute approximate surface area is 143 Å². The first kappa shape index (κ1) is 18.3. The van der Waals surface area contributed by atoms with E-state index in [4.69, 9.17) is 5.11 Å². The predicted octanol–water partition coefficient (Wildman–Crippen LogP) is 2.03. The molecule has 0 spiro atoms. The summed E-state index contributed by atoms with van der Waals surface area (Å²) in [5.41, 5.74) is 1.20. The van der Waals surface area contributed by atoms with Gasteiger partial charge in [0, 0.05) is 18.6 Å². The Morgan fingerprint density at radius 3 is 2.54 bits per heavy atom. The summed E-state index contributed by atoms with van der Waals surface area (Å²) in [5.74, 6) is -0.543. The molecule has 1 atom stereocenters. The van der Waals surface area contributed by atoms with Gasteiger partial charge in [-0.3, -0.25) is 9.69 Å². The van der Waals surface area contributed by atoms with E-state index >= 15 is 0 Å². The molecule has 132 valence electrons. The summed E-state index contributed by atoms with van der Waals surface area (Å²) < 4.78 is 0. The van der Waals surface area contributed by atoms with Gasteiger partial charge in [-0.2, -0.15) is 0 Å². The molecule has 1 aromatic carbocycles. The van der Waals surface area contributed by atoms with Crippen molar-refractivity contribution in [2.75, 3.05) is 19.6 Å². The predicted molar refractivity (Wildman–Crippen MR) is 93.1 cm³/mol. The highest BCUT2D eigenvalue weighted by Gasteiger charge is 2.34. The molecule has 1 fully saturated rings. The standard InChI is InChI=1S/C18H27N3O3/c1-3-21(12-17(22)23)16-9-15(10-16)20-18(24)19-11-13(2)14-7-5-4-6-8-14/h4-8,13,15-16H,3,9-12H2,1-2H3,(H,22,23)(H2,19,20,24). The molecule has 0 heterocycles. The van der Waals surface area contributed by atoms with Gasteiger partial charge in [-0.25, -0.2) is 4.79 Å². The average molecular weight is 333 g/mol. The summed E-state index contributed by atoms with van der Waals surface area (Å²) in [7, 11) is 0. The number of aliphatic carboxylic acids is 1. The van der Waals surface area contributed by atoms with Crippen LogP contribution in [-0.4, -0.2) is 53.7 Å². The summed E-state index contributed by atoms with van der Waals surface area (Å²) in [6.45, 7) is 5.41. The lowest BCUT2D eigenvalue weighted by Gasteiger charge is -2.42. The summed E-state index contributed by atoms with van der Waals surface area (Å²) in [5, 5.41) is 14.8. The van der Waals surface area contributed by atoms with E-state index in [1.165, 1.54) is 5.56 Å². The minimum Gasteiger partial charge on any atom is -0.480 e. The van der Waals surface area contributed by atoms with Crippen molar-refractivity contribution in [2.24, 2.45) is 0 Å². The third-order valence-corrected chi connectivity index (χ3v) is 4.65. The number of likely N-dealkylation sites (N-methyl/N-ethyl adjacent to an activating group) is 1. The van der Waals surface area contributed by atoms with Gasteiger partial charge in [0.25, 0.3) is 0 Å². The van der Waals surface area contributed by atoms with Crippen molar-refractivity contribution >= 4 is 12.0 Å².